The van der Waals surface area contributed by atoms with Crippen LogP contribution in [0.25, 0.3) is 0 Å². The number of allylic oxidation sites excluding steroid dienone is 3. The van der Waals surface area contributed by atoms with Crippen LogP contribution in [0.1, 0.15) is 89.5 Å². The van der Waals surface area contributed by atoms with Gasteiger partial charge in [-0.25, -0.2) is 0 Å². The molecule has 1 rings (SSSR count). The maximum Gasteiger partial charge on any atom is 0.303 e. The van der Waals surface area contributed by atoms with Crippen molar-refractivity contribution in [3.63, 3.8) is 0 Å². The molecule has 2 N–H and O–H groups in total. The molecular formula is C26H40O3. The first kappa shape index (κ1) is 25.2. The average molecular weight is 401 g/mol. The number of unbranched alkanes of at least 4 members (excludes halogenated alkanes) is 7. The number of benzene rings is 1. The molecule has 1 aromatic carbocycles. The minimum atomic E-state index is -0.695. The fraction of sp³-hybridized carbons (Fsp3) is 0.577. The van der Waals surface area contributed by atoms with Crippen LogP contribution in [0, 0.1) is 0 Å². The normalized spacial score (nSPS) is 13.1. The van der Waals surface area contributed by atoms with E-state index in [9.17, 15) is 9.90 Å². The van der Waals surface area contributed by atoms with Crippen molar-refractivity contribution in [1.29, 1.82) is 0 Å². The maximum atomic E-state index is 10.5. The molecule has 0 unspecified atom stereocenters. The van der Waals surface area contributed by atoms with Crippen LogP contribution in [0.4, 0.5) is 0 Å². The van der Waals surface area contributed by atoms with Crippen LogP contribution in [0.5, 0.6) is 0 Å². The summed E-state index contributed by atoms with van der Waals surface area (Å²) >= 11 is 0. The molecule has 0 heterocycles. The Morgan fingerprint density at radius 3 is 2.41 bits per heavy atom. The van der Waals surface area contributed by atoms with E-state index in [1.54, 1.807) is 0 Å². The first-order valence-electron chi connectivity index (χ1n) is 11.4. The third-order valence-corrected chi connectivity index (χ3v) is 5.18. The molecule has 0 bridgehead atoms. The van der Waals surface area contributed by atoms with Crippen LogP contribution in [0.2, 0.25) is 0 Å². The summed E-state index contributed by atoms with van der Waals surface area (Å²) in [5.41, 5.74) is 2.64. The summed E-state index contributed by atoms with van der Waals surface area (Å²) in [5, 5.41) is 18.9. The summed E-state index contributed by atoms with van der Waals surface area (Å²) in [4.78, 5) is 10.5. The van der Waals surface area contributed by atoms with E-state index in [0.29, 0.717) is 0 Å². The van der Waals surface area contributed by atoms with Crippen molar-refractivity contribution in [3.8, 4) is 0 Å². The fourth-order valence-electron chi connectivity index (χ4n) is 3.36. The summed E-state index contributed by atoms with van der Waals surface area (Å²) in [7, 11) is 0. The van der Waals surface area contributed by atoms with Crippen LogP contribution in [-0.2, 0) is 11.2 Å². The number of aliphatic hydroxyl groups is 1. The Bertz CT molecular complexity index is 589. The SMILES string of the molecule is CCCCC[C@H](O)/C=C/C(=C/CCCCCCCC(=O)O)CCc1ccccc1. The number of hydrogen-bond acceptors (Lipinski definition) is 2. The first-order chi connectivity index (χ1) is 14.1. The lowest BCUT2D eigenvalue weighted by atomic mass is 10.0. The number of carbonyl (C=O) groups is 1. The summed E-state index contributed by atoms with van der Waals surface area (Å²) in [6.07, 6.45) is 18.8. The molecule has 29 heavy (non-hydrogen) atoms. The zero-order valence-electron chi connectivity index (χ0n) is 18.2. The Labute approximate surface area is 177 Å². The summed E-state index contributed by atoms with van der Waals surface area (Å²) in [6, 6.07) is 10.5. The molecular weight excluding hydrogens is 360 g/mol. The van der Waals surface area contributed by atoms with Gasteiger partial charge in [-0.1, -0.05) is 99.6 Å². The molecule has 0 amide bonds. The van der Waals surface area contributed by atoms with Crippen molar-refractivity contribution in [1.82, 2.24) is 0 Å². The number of aryl methyl sites for hydroxylation is 1. The van der Waals surface area contributed by atoms with Gasteiger partial charge in [-0.3, -0.25) is 4.79 Å². The van der Waals surface area contributed by atoms with Crippen molar-refractivity contribution < 1.29 is 15.0 Å². The van der Waals surface area contributed by atoms with Crippen molar-refractivity contribution >= 4 is 5.97 Å². The second-order valence-corrected chi connectivity index (χ2v) is 7.89. The molecule has 162 valence electrons. The summed E-state index contributed by atoms with van der Waals surface area (Å²) in [5.74, 6) is -0.695. The molecule has 0 saturated heterocycles. The van der Waals surface area contributed by atoms with Gasteiger partial charge in [0.15, 0.2) is 0 Å². The number of aliphatic carboxylic acids is 1. The lowest BCUT2D eigenvalue weighted by molar-refractivity contribution is -0.137. The highest BCUT2D eigenvalue weighted by Crippen LogP contribution is 2.15. The van der Waals surface area contributed by atoms with Crippen LogP contribution >= 0.6 is 0 Å². The fourth-order valence-corrected chi connectivity index (χ4v) is 3.36. The lowest BCUT2D eigenvalue weighted by Crippen LogP contribution is -2.01. The number of hydrogen-bond donors (Lipinski definition) is 2. The third-order valence-electron chi connectivity index (χ3n) is 5.18. The monoisotopic (exact) mass is 400 g/mol. The van der Waals surface area contributed by atoms with Crippen molar-refractivity contribution in [2.24, 2.45) is 0 Å². The molecule has 0 aromatic heterocycles. The van der Waals surface area contributed by atoms with Crippen LogP contribution in [-0.4, -0.2) is 22.3 Å². The van der Waals surface area contributed by atoms with Gasteiger partial charge < -0.3 is 10.2 Å². The molecule has 0 aliphatic carbocycles. The third kappa shape index (κ3) is 14.7. The van der Waals surface area contributed by atoms with E-state index in [0.717, 1.165) is 64.2 Å². The molecule has 0 aliphatic heterocycles. The van der Waals surface area contributed by atoms with Gasteiger partial charge in [0.05, 0.1) is 6.10 Å². The van der Waals surface area contributed by atoms with E-state index >= 15 is 0 Å². The second-order valence-electron chi connectivity index (χ2n) is 7.89. The standard InChI is InChI=1S/C26H40O3/c1-2-3-9-17-25(27)22-21-24(20-19-23-14-11-8-12-15-23)16-10-6-4-5-7-13-18-26(28)29/h8,11-12,14-16,21-22,25,27H,2-7,9-10,13,17-20H2,1H3,(H,28,29)/b22-21+,24-16+/t25-/m0/s1. The Morgan fingerprint density at radius 2 is 1.69 bits per heavy atom. The van der Waals surface area contributed by atoms with Crippen LogP contribution in [0.15, 0.2) is 54.1 Å². The van der Waals surface area contributed by atoms with E-state index in [1.165, 1.54) is 24.0 Å². The minimum absolute atomic E-state index is 0.287. The Morgan fingerprint density at radius 1 is 0.966 bits per heavy atom. The molecule has 0 saturated carbocycles. The molecule has 1 aromatic rings. The predicted molar refractivity (Wildman–Crippen MR) is 122 cm³/mol. The van der Waals surface area contributed by atoms with Gasteiger partial charge in [-0.15, -0.1) is 0 Å². The number of aliphatic hydroxyl groups excluding tert-OH is 1. The van der Waals surface area contributed by atoms with E-state index in [1.807, 2.05) is 12.1 Å². The smallest absolute Gasteiger partial charge is 0.303 e. The molecule has 3 nitrogen and oxygen atoms in total. The predicted octanol–water partition coefficient (Wildman–Crippen LogP) is 6.86. The van der Waals surface area contributed by atoms with Gasteiger partial charge in [-0.2, -0.15) is 0 Å². The number of rotatable bonds is 17. The van der Waals surface area contributed by atoms with E-state index in [2.05, 4.69) is 43.3 Å². The van der Waals surface area contributed by atoms with Gasteiger partial charge in [0.1, 0.15) is 0 Å². The first-order valence-corrected chi connectivity index (χ1v) is 11.4. The van der Waals surface area contributed by atoms with E-state index in [-0.39, 0.29) is 12.5 Å². The van der Waals surface area contributed by atoms with Crippen LogP contribution < -0.4 is 0 Å². The average Bonchev–Trinajstić information content (AvgIpc) is 2.72. The molecule has 3 heteroatoms. The maximum absolute atomic E-state index is 10.5. The quantitative estimate of drug-likeness (QED) is 0.222. The van der Waals surface area contributed by atoms with Crippen LogP contribution in [0.3, 0.4) is 0 Å². The van der Waals surface area contributed by atoms with E-state index in [4.69, 9.17) is 5.11 Å². The van der Waals surface area contributed by atoms with Crippen molar-refractivity contribution in [2.75, 3.05) is 0 Å². The molecule has 0 radical (unpaired) electrons. The lowest BCUT2D eigenvalue weighted by Gasteiger charge is -2.07. The Kier molecular flexibility index (Phi) is 14.8. The topological polar surface area (TPSA) is 57.5 Å². The Hall–Kier alpha value is -1.87. The largest absolute Gasteiger partial charge is 0.481 e. The van der Waals surface area contributed by atoms with E-state index < -0.39 is 5.97 Å². The van der Waals surface area contributed by atoms with Crippen molar-refractivity contribution in [2.45, 2.75) is 96.5 Å². The number of carboxylic acids is 1. The summed E-state index contributed by atoms with van der Waals surface area (Å²) < 4.78 is 0. The second kappa shape index (κ2) is 17.0. The zero-order valence-corrected chi connectivity index (χ0v) is 18.2. The summed E-state index contributed by atoms with van der Waals surface area (Å²) in [6.45, 7) is 2.18. The minimum Gasteiger partial charge on any atom is -0.481 e. The van der Waals surface area contributed by atoms with Crippen molar-refractivity contribution in [3.05, 3.63) is 59.7 Å². The molecule has 0 fully saturated rings. The zero-order chi connectivity index (χ0) is 21.2. The van der Waals surface area contributed by atoms with Gasteiger partial charge in [0.2, 0.25) is 0 Å². The highest BCUT2D eigenvalue weighted by molar-refractivity contribution is 5.66. The van der Waals surface area contributed by atoms with Gasteiger partial charge >= 0.3 is 5.97 Å². The van der Waals surface area contributed by atoms with Gasteiger partial charge in [-0.05, 0) is 44.1 Å². The van der Waals surface area contributed by atoms with Gasteiger partial charge in [0, 0.05) is 6.42 Å². The molecule has 0 aliphatic rings. The Balaban J connectivity index is 2.43. The molecule has 1 atom stereocenters. The van der Waals surface area contributed by atoms with Gasteiger partial charge in [0.25, 0.3) is 0 Å². The number of carboxylic acid groups (broad SMARTS) is 1. The highest BCUT2D eigenvalue weighted by Gasteiger charge is 2.01. The highest BCUT2D eigenvalue weighted by atomic mass is 16.4. The molecule has 0 spiro atoms.